The van der Waals surface area contributed by atoms with Crippen molar-refractivity contribution in [3.63, 3.8) is 0 Å². The number of anilines is 2. The average Bonchev–Trinajstić information content (AvgIpc) is 3.62. The van der Waals surface area contributed by atoms with Gasteiger partial charge in [-0.15, -0.1) is 0 Å². The van der Waals surface area contributed by atoms with Gasteiger partial charge in [-0.05, 0) is 77.6 Å². The van der Waals surface area contributed by atoms with Crippen LogP contribution in [-0.2, 0) is 0 Å². The van der Waals surface area contributed by atoms with Gasteiger partial charge in [-0.3, -0.25) is 0 Å². The van der Waals surface area contributed by atoms with E-state index in [0.29, 0.717) is 12.0 Å². The van der Waals surface area contributed by atoms with Gasteiger partial charge in [-0.2, -0.15) is 0 Å². The highest BCUT2D eigenvalue weighted by Crippen LogP contribution is 2.54. The topological polar surface area (TPSA) is 8.17 Å². The smallest absolute Gasteiger partial charge is 0.0541 e. The standard InChI is InChI=1S/C42H34N2/c1-3-12-29(13-4-1)30-22-25-33(26-23-30)44-40-21-10-7-16-35(40)37-19-11-18-34(42(37)44)31-24-27-41-38(28-31)36-17-8-9-20-39(36)43(41)32-14-5-2-6-15-32/h1-6,8-9,11-15,17-20,22-28,35,40H,7,10,16,21H2. The Labute approximate surface area is 258 Å². The molecule has 0 amide bonds. The van der Waals surface area contributed by atoms with E-state index in [1.165, 1.54) is 92.4 Å². The van der Waals surface area contributed by atoms with Crippen molar-refractivity contribution < 1.29 is 0 Å². The van der Waals surface area contributed by atoms with Crippen LogP contribution in [-0.4, -0.2) is 10.6 Å². The maximum absolute atomic E-state index is 2.70. The number of benzene rings is 6. The van der Waals surface area contributed by atoms with E-state index in [-0.39, 0.29) is 0 Å². The molecule has 0 radical (unpaired) electrons. The van der Waals surface area contributed by atoms with E-state index in [2.05, 4.69) is 155 Å². The summed E-state index contributed by atoms with van der Waals surface area (Å²) >= 11 is 0. The van der Waals surface area contributed by atoms with E-state index in [0.717, 1.165) is 0 Å². The minimum atomic E-state index is 0.506. The summed E-state index contributed by atoms with van der Waals surface area (Å²) in [6, 6.07) is 54.2. The summed E-state index contributed by atoms with van der Waals surface area (Å²) in [7, 11) is 0. The molecule has 2 nitrogen and oxygen atoms in total. The van der Waals surface area contributed by atoms with Crippen LogP contribution in [0, 0.1) is 0 Å². The molecule has 2 aliphatic rings. The van der Waals surface area contributed by atoms with Gasteiger partial charge < -0.3 is 9.47 Å². The summed E-state index contributed by atoms with van der Waals surface area (Å²) in [5.41, 5.74) is 13.1. The maximum Gasteiger partial charge on any atom is 0.0541 e. The minimum absolute atomic E-state index is 0.506. The Bertz CT molecular complexity index is 2120. The molecule has 1 aliphatic heterocycles. The van der Waals surface area contributed by atoms with Crippen LogP contribution in [0.5, 0.6) is 0 Å². The molecule has 44 heavy (non-hydrogen) atoms. The summed E-state index contributed by atoms with van der Waals surface area (Å²) in [6.45, 7) is 0. The number of hydrogen-bond acceptors (Lipinski definition) is 1. The summed E-state index contributed by atoms with van der Waals surface area (Å²) in [5, 5.41) is 2.59. The van der Waals surface area contributed by atoms with Gasteiger partial charge in [0.15, 0.2) is 0 Å². The Kier molecular flexibility index (Phi) is 5.94. The lowest BCUT2D eigenvalue weighted by Crippen LogP contribution is -2.32. The monoisotopic (exact) mass is 566 g/mol. The first-order chi connectivity index (χ1) is 21.8. The Morgan fingerprint density at radius 1 is 0.477 bits per heavy atom. The Morgan fingerprint density at radius 2 is 1.16 bits per heavy atom. The molecule has 2 heteroatoms. The van der Waals surface area contributed by atoms with Crippen LogP contribution in [0.1, 0.15) is 37.2 Å². The van der Waals surface area contributed by atoms with Gasteiger partial charge >= 0.3 is 0 Å². The first-order valence-electron chi connectivity index (χ1n) is 16.0. The molecule has 0 N–H and O–H groups in total. The summed E-state index contributed by atoms with van der Waals surface area (Å²) in [5.74, 6) is 0.580. The van der Waals surface area contributed by atoms with E-state index in [1.807, 2.05) is 0 Å². The number of para-hydroxylation sites is 3. The first-order valence-corrected chi connectivity index (χ1v) is 16.0. The van der Waals surface area contributed by atoms with Crippen LogP contribution in [0.15, 0.2) is 146 Å². The number of rotatable bonds is 4. The normalized spacial score (nSPS) is 17.6. The van der Waals surface area contributed by atoms with Crippen LogP contribution in [0.3, 0.4) is 0 Å². The van der Waals surface area contributed by atoms with Crippen molar-refractivity contribution >= 4 is 33.2 Å². The van der Waals surface area contributed by atoms with E-state index >= 15 is 0 Å². The first kappa shape index (κ1) is 25.4. The molecule has 2 heterocycles. The third-order valence-corrected chi connectivity index (χ3v) is 10.0. The quantitative estimate of drug-likeness (QED) is 0.206. The van der Waals surface area contributed by atoms with Gasteiger partial charge in [0, 0.05) is 39.7 Å². The van der Waals surface area contributed by atoms with Gasteiger partial charge in [0.2, 0.25) is 0 Å². The lowest BCUT2D eigenvalue weighted by Gasteiger charge is -2.34. The van der Waals surface area contributed by atoms with Crippen molar-refractivity contribution in [1.82, 2.24) is 4.57 Å². The molecular weight excluding hydrogens is 532 g/mol. The lowest BCUT2D eigenvalue weighted by molar-refractivity contribution is 0.402. The fourth-order valence-electron chi connectivity index (χ4n) is 8.07. The second-order valence-corrected chi connectivity index (χ2v) is 12.4. The highest BCUT2D eigenvalue weighted by Gasteiger charge is 2.41. The van der Waals surface area contributed by atoms with Crippen molar-refractivity contribution in [2.24, 2.45) is 0 Å². The zero-order chi connectivity index (χ0) is 29.0. The number of fused-ring (bicyclic) bond motifs is 6. The van der Waals surface area contributed by atoms with Crippen molar-refractivity contribution in [2.45, 2.75) is 37.6 Å². The maximum atomic E-state index is 2.70. The van der Waals surface area contributed by atoms with Crippen molar-refractivity contribution in [2.75, 3.05) is 4.90 Å². The number of hydrogen-bond donors (Lipinski definition) is 0. The van der Waals surface area contributed by atoms with Crippen LogP contribution in [0.25, 0.3) is 49.7 Å². The highest BCUT2D eigenvalue weighted by atomic mass is 15.2. The van der Waals surface area contributed by atoms with Gasteiger partial charge in [0.1, 0.15) is 0 Å². The van der Waals surface area contributed by atoms with Crippen molar-refractivity contribution in [3.8, 4) is 27.9 Å². The van der Waals surface area contributed by atoms with Gasteiger partial charge in [-0.1, -0.05) is 116 Å². The minimum Gasteiger partial charge on any atom is -0.337 e. The molecule has 2 atom stereocenters. The van der Waals surface area contributed by atoms with E-state index in [1.54, 1.807) is 0 Å². The molecule has 0 saturated heterocycles. The molecule has 2 unspecified atom stereocenters. The Balaban J connectivity index is 1.22. The van der Waals surface area contributed by atoms with E-state index < -0.39 is 0 Å². The van der Waals surface area contributed by atoms with Crippen molar-refractivity contribution in [1.29, 1.82) is 0 Å². The van der Waals surface area contributed by atoms with Gasteiger partial charge in [-0.25, -0.2) is 0 Å². The summed E-state index contributed by atoms with van der Waals surface area (Å²) in [6.07, 6.45) is 5.12. The molecule has 0 spiro atoms. The molecule has 1 aromatic heterocycles. The molecule has 9 rings (SSSR count). The summed E-state index contributed by atoms with van der Waals surface area (Å²) in [4.78, 5) is 2.70. The molecule has 7 aromatic rings. The molecule has 0 bridgehead atoms. The molecule has 1 saturated carbocycles. The van der Waals surface area contributed by atoms with Crippen LogP contribution in [0.4, 0.5) is 11.4 Å². The molecule has 6 aromatic carbocycles. The average molecular weight is 567 g/mol. The molecule has 212 valence electrons. The predicted octanol–water partition coefficient (Wildman–Crippen LogP) is 11.3. The number of nitrogens with zero attached hydrogens (tertiary/aromatic N) is 2. The van der Waals surface area contributed by atoms with Crippen molar-refractivity contribution in [3.05, 3.63) is 151 Å². The predicted molar refractivity (Wildman–Crippen MR) is 185 cm³/mol. The fraction of sp³-hybridized carbons (Fsp3) is 0.143. The Morgan fingerprint density at radius 3 is 2.00 bits per heavy atom. The van der Waals surface area contributed by atoms with Crippen LogP contribution in [0.2, 0.25) is 0 Å². The zero-order valence-corrected chi connectivity index (χ0v) is 24.7. The van der Waals surface area contributed by atoms with Crippen LogP contribution < -0.4 is 4.90 Å². The van der Waals surface area contributed by atoms with E-state index in [4.69, 9.17) is 0 Å². The fourth-order valence-corrected chi connectivity index (χ4v) is 8.07. The highest BCUT2D eigenvalue weighted by molar-refractivity contribution is 6.11. The van der Waals surface area contributed by atoms with Gasteiger partial charge in [0.25, 0.3) is 0 Å². The lowest BCUT2D eigenvalue weighted by atomic mass is 9.82. The molecule has 1 fully saturated rings. The molecule has 1 aliphatic carbocycles. The largest absolute Gasteiger partial charge is 0.337 e. The van der Waals surface area contributed by atoms with E-state index in [9.17, 15) is 0 Å². The molecular formula is C42H34N2. The second-order valence-electron chi connectivity index (χ2n) is 12.4. The third kappa shape index (κ3) is 3.94. The van der Waals surface area contributed by atoms with Crippen LogP contribution >= 0.6 is 0 Å². The zero-order valence-electron chi connectivity index (χ0n) is 24.7. The summed E-state index contributed by atoms with van der Waals surface area (Å²) < 4.78 is 2.40. The number of aromatic nitrogens is 1. The Hall–Kier alpha value is -5.08. The second kappa shape index (κ2) is 10.3. The third-order valence-electron chi connectivity index (χ3n) is 10.0. The SMILES string of the molecule is c1ccc(-c2ccc(N3c4c(-c5ccc6c(c5)c5ccccc5n6-c5ccccc5)cccc4C4CCCCC43)cc2)cc1. The van der Waals surface area contributed by atoms with Gasteiger partial charge in [0.05, 0.1) is 16.7 Å².